The summed E-state index contributed by atoms with van der Waals surface area (Å²) in [5.74, 6) is 0.336. The van der Waals surface area contributed by atoms with Crippen LogP contribution in [0.3, 0.4) is 0 Å². The standard InChI is InChI=1S/C16H19NO2/c1-10-4-5-13(8-11(10)2)17-12(3)15-9-14(18)6-7-16(15)19/h4-9,12,17-19H,1-3H3. The molecule has 3 heteroatoms. The average Bonchev–Trinajstić information content (AvgIpc) is 2.36. The molecule has 2 aromatic rings. The molecular weight excluding hydrogens is 238 g/mol. The first kappa shape index (κ1) is 13.3. The molecule has 0 aromatic heterocycles. The number of aryl methyl sites for hydroxylation is 2. The summed E-state index contributed by atoms with van der Waals surface area (Å²) in [6.45, 7) is 6.09. The molecule has 3 N–H and O–H groups in total. The van der Waals surface area contributed by atoms with Gasteiger partial charge in [-0.2, -0.15) is 0 Å². The number of phenolic OH excluding ortho intramolecular Hbond substituents is 2. The zero-order valence-corrected chi connectivity index (χ0v) is 11.4. The summed E-state index contributed by atoms with van der Waals surface area (Å²) < 4.78 is 0. The van der Waals surface area contributed by atoms with Gasteiger partial charge in [-0.05, 0) is 62.2 Å². The van der Waals surface area contributed by atoms with E-state index in [0.717, 1.165) is 5.69 Å². The summed E-state index contributed by atoms with van der Waals surface area (Å²) in [6, 6.07) is 10.6. The van der Waals surface area contributed by atoms with Crippen molar-refractivity contribution in [1.29, 1.82) is 0 Å². The van der Waals surface area contributed by atoms with Crippen LogP contribution in [-0.4, -0.2) is 10.2 Å². The van der Waals surface area contributed by atoms with Gasteiger partial charge in [-0.1, -0.05) is 6.07 Å². The molecule has 2 rings (SSSR count). The topological polar surface area (TPSA) is 52.5 Å². The molecule has 0 aliphatic heterocycles. The van der Waals surface area contributed by atoms with Gasteiger partial charge in [-0.25, -0.2) is 0 Å². The van der Waals surface area contributed by atoms with Gasteiger partial charge < -0.3 is 15.5 Å². The first-order chi connectivity index (χ1) is 8.97. The molecular formula is C16H19NO2. The van der Waals surface area contributed by atoms with Crippen LogP contribution in [0.2, 0.25) is 0 Å². The Morgan fingerprint density at radius 2 is 1.68 bits per heavy atom. The Morgan fingerprint density at radius 1 is 0.947 bits per heavy atom. The van der Waals surface area contributed by atoms with Crippen LogP contribution < -0.4 is 5.32 Å². The SMILES string of the molecule is Cc1ccc(NC(C)c2cc(O)ccc2O)cc1C. The predicted octanol–water partition coefficient (Wildman–Crippen LogP) is 3.89. The zero-order valence-electron chi connectivity index (χ0n) is 11.4. The minimum atomic E-state index is -0.0887. The fourth-order valence-corrected chi connectivity index (χ4v) is 2.05. The smallest absolute Gasteiger partial charge is 0.121 e. The summed E-state index contributed by atoms with van der Waals surface area (Å²) in [5.41, 5.74) is 4.15. The fraction of sp³-hybridized carbons (Fsp3) is 0.250. The van der Waals surface area contributed by atoms with Crippen molar-refractivity contribution in [2.75, 3.05) is 5.32 Å². The largest absolute Gasteiger partial charge is 0.508 e. The Balaban J connectivity index is 2.22. The number of phenols is 2. The minimum Gasteiger partial charge on any atom is -0.508 e. The highest BCUT2D eigenvalue weighted by Crippen LogP contribution is 2.30. The second-order valence-electron chi connectivity index (χ2n) is 4.91. The van der Waals surface area contributed by atoms with Crippen LogP contribution in [0, 0.1) is 13.8 Å². The summed E-state index contributed by atoms with van der Waals surface area (Å²) in [7, 11) is 0. The molecule has 1 unspecified atom stereocenters. The average molecular weight is 257 g/mol. The van der Waals surface area contributed by atoms with Crippen LogP contribution in [0.5, 0.6) is 11.5 Å². The summed E-state index contributed by atoms with van der Waals surface area (Å²) in [6.07, 6.45) is 0. The van der Waals surface area contributed by atoms with E-state index >= 15 is 0 Å². The van der Waals surface area contributed by atoms with Crippen LogP contribution in [0.1, 0.15) is 29.7 Å². The van der Waals surface area contributed by atoms with E-state index in [0.29, 0.717) is 5.56 Å². The molecule has 0 aliphatic carbocycles. The van der Waals surface area contributed by atoms with E-state index in [4.69, 9.17) is 0 Å². The predicted molar refractivity (Wildman–Crippen MR) is 77.7 cm³/mol. The van der Waals surface area contributed by atoms with Crippen LogP contribution in [0.4, 0.5) is 5.69 Å². The lowest BCUT2D eigenvalue weighted by Gasteiger charge is -2.18. The van der Waals surface area contributed by atoms with Crippen LogP contribution >= 0.6 is 0 Å². The minimum absolute atomic E-state index is 0.0887. The second kappa shape index (κ2) is 5.22. The lowest BCUT2D eigenvalue weighted by Crippen LogP contribution is -2.07. The van der Waals surface area contributed by atoms with Crippen molar-refractivity contribution in [2.45, 2.75) is 26.8 Å². The third-order valence-corrected chi connectivity index (χ3v) is 3.37. The van der Waals surface area contributed by atoms with E-state index in [-0.39, 0.29) is 17.5 Å². The number of nitrogens with one attached hydrogen (secondary N) is 1. The molecule has 0 aliphatic rings. The van der Waals surface area contributed by atoms with Gasteiger partial charge >= 0.3 is 0 Å². The lowest BCUT2D eigenvalue weighted by atomic mass is 10.1. The van der Waals surface area contributed by atoms with Crippen LogP contribution in [0.15, 0.2) is 36.4 Å². The highest BCUT2D eigenvalue weighted by molar-refractivity contribution is 5.51. The second-order valence-corrected chi connectivity index (χ2v) is 4.91. The number of aromatic hydroxyl groups is 2. The maximum Gasteiger partial charge on any atom is 0.121 e. The fourth-order valence-electron chi connectivity index (χ4n) is 2.05. The first-order valence-corrected chi connectivity index (χ1v) is 6.33. The van der Waals surface area contributed by atoms with Crippen LogP contribution in [-0.2, 0) is 0 Å². The molecule has 2 aromatic carbocycles. The van der Waals surface area contributed by atoms with Crippen molar-refractivity contribution in [1.82, 2.24) is 0 Å². The first-order valence-electron chi connectivity index (χ1n) is 6.33. The van der Waals surface area contributed by atoms with Crippen molar-refractivity contribution >= 4 is 5.69 Å². The van der Waals surface area contributed by atoms with Gasteiger partial charge in [0.25, 0.3) is 0 Å². The number of anilines is 1. The van der Waals surface area contributed by atoms with E-state index in [1.54, 1.807) is 6.07 Å². The molecule has 0 saturated heterocycles. The van der Waals surface area contributed by atoms with Crippen molar-refractivity contribution in [3.63, 3.8) is 0 Å². The van der Waals surface area contributed by atoms with Gasteiger partial charge in [0.2, 0.25) is 0 Å². The van der Waals surface area contributed by atoms with E-state index in [2.05, 4.69) is 31.3 Å². The van der Waals surface area contributed by atoms with Crippen molar-refractivity contribution in [2.24, 2.45) is 0 Å². The van der Waals surface area contributed by atoms with Gasteiger partial charge in [0.1, 0.15) is 11.5 Å². The Kier molecular flexibility index (Phi) is 3.65. The Bertz CT molecular complexity index is 593. The molecule has 0 amide bonds. The highest BCUT2D eigenvalue weighted by atomic mass is 16.3. The molecule has 0 spiro atoms. The molecule has 1 atom stereocenters. The maximum atomic E-state index is 9.83. The van der Waals surface area contributed by atoms with Crippen molar-refractivity contribution < 1.29 is 10.2 Å². The van der Waals surface area contributed by atoms with Gasteiger partial charge in [0.15, 0.2) is 0 Å². The third kappa shape index (κ3) is 2.99. The number of hydrogen-bond donors (Lipinski definition) is 3. The molecule has 3 nitrogen and oxygen atoms in total. The van der Waals surface area contributed by atoms with E-state index < -0.39 is 0 Å². The van der Waals surface area contributed by atoms with E-state index in [1.165, 1.54) is 23.3 Å². The molecule has 0 heterocycles. The third-order valence-electron chi connectivity index (χ3n) is 3.37. The van der Waals surface area contributed by atoms with E-state index in [1.807, 2.05) is 13.0 Å². The van der Waals surface area contributed by atoms with E-state index in [9.17, 15) is 10.2 Å². The van der Waals surface area contributed by atoms with Gasteiger partial charge in [0.05, 0.1) is 6.04 Å². The summed E-state index contributed by atoms with van der Waals surface area (Å²) in [4.78, 5) is 0. The Labute approximate surface area is 113 Å². The maximum absolute atomic E-state index is 9.83. The highest BCUT2D eigenvalue weighted by Gasteiger charge is 2.11. The zero-order chi connectivity index (χ0) is 14.0. The normalized spacial score (nSPS) is 12.2. The lowest BCUT2D eigenvalue weighted by molar-refractivity contribution is 0.451. The van der Waals surface area contributed by atoms with Crippen molar-refractivity contribution in [3.8, 4) is 11.5 Å². The molecule has 0 saturated carbocycles. The van der Waals surface area contributed by atoms with Gasteiger partial charge in [-0.3, -0.25) is 0 Å². The van der Waals surface area contributed by atoms with Crippen molar-refractivity contribution in [3.05, 3.63) is 53.1 Å². The number of benzene rings is 2. The molecule has 0 fully saturated rings. The number of hydrogen-bond acceptors (Lipinski definition) is 3. The van der Waals surface area contributed by atoms with Crippen LogP contribution in [0.25, 0.3) is 0 Å². The molecule has 0 bridgehead atoms. The molecule has 0 radical (unpaired) electrons. The number of rotatable bonds is 3. The summed E-state index contributed by atoms with van der Waals surface area (Å²) >= 11 is 0. The Hall–Kier alpha value is -2.16. The molecule has 100 valence electrons. The Morgan fingerprint density at radius 3 is 2.37 bits per heavy atom. The van der Waals surface area contributed by atoms with Gasteiger partial charge in [0, 0.05) is 11.3 Å². The quantitative estimate of drug-likeness (QED) is 0.731. The molecule has 19 heavy (non-hydrogen) atoms. The van der Waals surface area contributed by atoms with Gasteiger partial charge in [-0.15, -0.1) is 0 Å². The summed E-state index contributed by atoms with van der Waals surface area (Å²) in [5, 5.41) is 22.6. The monoisotopic (exact) mass is 257 g/mol.